The van der Waals surface area contributed by atoms with Crippen LogP contribution in [0.3, 0.4) is 0 Å². The molecule has 2 unspecified atom stereocenters. The number of benzene rings is 2. The van der Waals surface area contributed by atoms with Crippen LogP contribution in [0.1, 0.15) is 36.0 Å². The molecule has 0 saturated heterocycles. The van der Waals surface area contributed by atoms with Gasteiger partial charge in [0.05, 0.1) is 18.2 Å². The number of ether oxygens (including phenoxy) is 1. The minimum Gasteiger partial charge on any atom is -0.481 e. The van der Waals surface area contributed by atoms with E-state index in [2.05, 4.69) is 15.7 Å². The molecule has 0 aliphatic carbocycles. The third kappa shape index (κ3) is 6.92. The van der Waals surface area contributed by atoms with Crippen LogP contribution in [0.25, 0.3) is 0 Å². The van der Waals surface area contributed by atoms with E-state index < -0.39 is 54.5 Å². The predicted molar refractivity (Wildman–Crippen MR) is 143 cm³/mol. The van der Waals surface area contributed by atoms with E-state index in [1.165, 1.54) is 4.90 Å². The van der Waals surface area contributed by atoms with Gasteiger partial charge in [0.15, 0.2) is 0 Å². The van der Waals surface area contributed by atoms with Crippen molar-refractivity contribution in [2.24, 2.45) is 10.8 Å². The zero-order chi connectivity index (χ0) is 28.6. The molecule has 210 valence electrons. The first-order chi connectivity index (χ1) is 19.2. The Bertz CT molecular complexity index is 1320. The second kappa shape index (κ2) is 12.7. The van der Waals surface area contributed by atoms with Crippen molar-refractivity contribution in [3.05, 3.63) is 65.2 Å². The average Bonchev–Trinajstić information content (AvgIpc) is 3.06. The lowest BCUT2D eigenvalue weighted by atomic mass is 9.92. The number of urea groups is 1. The van der Waals surface area contributed by atoms with E-state index in [0.29, 0.717) is 24.9 Å². The zero-order valence-electron chi connectivity index (χ0n) is 21.5. The molecule has 0 aromatic heterocycles. The number of amides is 5. The highest BCUT2D eigenvalue weighted by Crippen LogP contribution is 2.37. The smallest absolute Gasteiger partial charge is 0.408 e. The fourth-order valence-electron chi connectivity index (χ4n) is 4.88. The molecule has 6 N–H and O–H groups in total. The molecule has 2 aromatic rings. The number of nitrogens with one attached hydrogen (secondary N) is 3. The Hall–Kier alpha value is -4.94. The highest BCUT2D eigenvalue weighted by Gasteiger charge is 2.42. The van der Waals surface area contributed by atoms with Crippen LogP contribution in [0.15, 0.2) is 53.6 Å². The monoisotopic (exact) mass is 550 g/mol. The van der Waals surface area contributed by atoms with E-state index in [1.54, 1.807) is 0 Å². The maximum atomic E-state index is 13.9. The molecular formula is C27H30N6O7. The Balaban J connectivity index is 1.53. The van der Waals surface area contributed by atoms with Crippen molar-refractivity contribution in [1.82, 2.24) is 16.1 Å². The molecular weight excluding hydrogens is 520 g/mol. The number of anilines is 1. The number of carbonyl (C=O) groups excluding carboxylic acids is 4. The average molecular weight is 551 g/mol. The second-order valence-electron chi connectivity index (χ2n) is 9.45. The standard InChI is InChI=1S/C27H30N6O7/c28-26(38)32-29-14-19(13-22(34)35)30-24(36)21-12-10-18-8-4-7-17-9-11-20(25(37)33(21)23(17)18)31-27(39)40-15-16-5-2-1-3-6-16/h1-8,14,19-21H,9-13,15H2,(H,30,36)(H,31,39)(H,34,35)(H3,28,32,38)/b29-14+/t19-,20?,21?/m0/s1. The Morgan fingerprint density at radius 2 is 1.77 bits per heavy atom. The van der Waals surface area contributed by atoms with Gasteiger partial charge in [0, 0.05) is 6.21 Å². The van der Waals surface area contributed by atoms with Crippen molar-refractivity contribution in [3.8, 4) is 0 Å². The number of rotatable bonds is 9. The molecule has 13 nitrogen and oxygen atoms in total. The highest BCUT2D eigenvalue weighted by molar-refractivity contribution is 6.06. The van der Waals surface area contributed by atoms with Gasteiger partial charge in [-0.15, -0.1) is 0 Å². The summed E-state index contributed by atoms with van der Waals surface area (Å²) < 4.78 is 5.31. The number of nitrogens with two attached hydrogens (primary N) is 1. The molecule has 4 rings (SSSR count). The van der Waals surface area contributed by atoms with Crippen LogP contribution in [0.2, 0.25) is 0 Å². The SMILES string of the molecule is NC(=O)N/N=C/[C@H](CC(=O)O)NC(=O)C1CCc2cccc3c2N1C(=O)C(NC(=O)OCc1ccccc1)CC3. The Morgan fingerprint density at radius 1 is 1.07 bits per heavy atom. The summed E-state index contributed by atoms with van der Waals surface area (Å²) in [5.41, 5.74) is 10.1. The molecule has 0 saturated carbocycles. The van der Waals surface area contributed by atoms with Crippen LogP contribution in [-0.4, -0.2) is 59.4 Å². The van der Waals surface area contributed by atoms with Gasteiger partial charge in [0.1, 0.15) is 18.7 Å². The van der Waals surface area contributed by atoms with Gasteiger partial charge in [-0.3, -0.25) is 19.3 Å². The summed E-state index contributed by atoms with van der Waals surface area (Å²) in [5, 5.41) is 18.1. The Morgan fingerprint density at radius 3 is 2.45 bits per heavy atom. The van der Waals surface area contributed by atoms with Crippen LogP contribution < -0.4 is 26.7 Å². The lowest BCUT2D eigenvalue weighted by Crippen LogP contribution is -2.58. The van der Waals surface area contributed by atoms with Gasteiger partial charge in [-0.1, -0.05) is 48.5 Å². The van der Waals surface area contributed by atoms with Gasteiger partial charge in [-0.2, -0.15) is 5.10 Å². The number of hydrogen-bond donors (Lipinski definition) is 5. The van der Waals surface area contributed by atoms with Crippen molar-refractivity contribution in [1.29, 1.82) is 0 Å². The molecule has 3 atom stereocenters. The topological polar surface area (TPSA) is 193 Å². The van der Waals surface area contributed by atoms with E-state index in [9.17, 15) is 29.1 Å². The van der Waals surface area contributed by atoms with Crippen molar-refractivity contribution < 1.29 is 33.8 Å². The molecule has 2 heterocycles. The van der Waals surface area contributed by atoms with Crippen LogP contribution in [0.5, 0.6) is 0 Å². The van der Waals surface area contributed by atoms with Crippen LogP contribution in [0.4, 0.5) is 15.3 Å². The fraction of sp³-hybridized carbons (Fsp3) is 0.333. The molecule has 0 fully saturated rings. The van der Waals surface area contributed by atoms with Gasteiger partial charge in [0.25, 0.3) is 0 Å². The number of alkyl carbamates (subject to hydrolysis) is 1. The molecule has 13 heteroatoms. The van der Waals surface area contributed by atoms with E-state index in [-0.39, 0.29) is 13.0 Å². The maximum Gasteiger partial charge on any atom is 0.408 e. The first-order valence-corrected chi connectivity index (χ1v) is 12.7. The largest absolute Gasteiger partial charge is 0.481 e. The number of aliphatic carboxylic acids is 1. The quantitative estimate of drug-likeness (QED) is 0.229. The van der Waals surface area contributed by atoms with Gasteiger partial charge >= 0.3 is 18.1 Å². The number of primary amides is 1. The first-order valence-electron chi connectivity index (χ1n) is 12.7. The number of hydrazone groups is 1. The summed E-state index contributed by atoms with van der Waals surface area (Å²) in [5.74, 6) is -2.28. The minimum absolute atomic E-state index is 0.0316. The molecule has 0 bridgehead atoms. The molecule has 2 aliphatic heterocycles. The number of para-hydroxylation sites is 1. The van der Waals surface area contributed by atoms with E-state index in [1.807, 2.05) is 54.0 Å². The lowest BCUT2D eigenvalue weighted by molar-refractivity contribution is -0.137. The van der Waals surface area contributed by atoms with Gasteiger partial charge in [-0.25, -0.2) is 15.0 Å². The predicted octanol–water partition coefficient (Wildman–Crippen LogP) is 1.19. The van der Waals surface area contributed by atoms with Crippen LogP contribution >= 0.6 is 0 Å². The number of carboxylic acids is 1. The molecule has 2 aromatic carbocycles. The van der Waals surface area contributed by atoms with Crippen molar-refractivity contribution >= 4 is 41.8 Å². The third-order valence-electron chi connectivity index (χ3n) is 6.64. The lowest BCUT2D eigenvalue weighted by Gasteiger charge is -2.38. The fourth-order valence-corrected chi connectivity index (χ4v) is 4.88. The van der Waals surface area contributed by atoms with Gasteiger partial charge in [-0.05, 0) is 42.4 Å². The number of carboxylic acid groups (broad SMARTS) is 1. The molecule has 40 heavy (non-hydrogen) atoms. The summed E-state index contributed by atoms with van der Waals surface area (Å²) in [6.07, 6.45) is 1.35. The zero-order valence-corrected chi connectivity index (χ0v) is 21.5. The number of carbonyl (C=O) groups is 5. The molecule has 0 spiro atoms. The summed E-state index contributed by atoms with van der Waals surface area (Å²) in [7, 11) is 0. The van der Waals surface area contributed by atoms with Gasteiger partial charge in [0.2, 0.25) is 11.8 Å². The summed E-state index contributed by atoms with van der Waals surface area (Å²) in [6, 6.07) is 10.8. The van der Waals surface area contributed by atoms with Crippen molar-refractivity contribution in [3.63, 3.8) is 0 Å². The van der Waals surface area contributed by atoms with Crippen LogP contribution in [-0.2, 0) is 38.6 Å². The van der Waals surface area contributed by atoms with E-state index in [0.717, 1.165) is 22.9 Å². The highest BCUT2D eigenvalue weighted by atomic mass is 16.5. The Kier molecular flexibility index (Phi) is 8.94. The molecule has 2 aliphatic rings. The first kappa shape index (κ1) is 28.1. The minimum atomic E-state index is -1.21. The summed E-state index contributed by atoms with van der Waals surface area (Å²) >= 11 is 0. The maximum absolute atomic E-state index is 13.9. The van der Waals surface area contributed by atoms with Gasteiger partial charge < -0.3 is 26.2 Å². The number of aryl methyl sites for hydroxylation is 2. The third-order valence-corrected chi connectivity index (χ3v) is 6.64. The Labute approximate surface area is 229 Å². The van der Waals surface area contributed by atoms with Crippen molar-refractivity contribution in [2.45, 2.75) is 56.8 Å². The molecule has 5 amide bonds. The van der Waals surface area contributed by atoms with Crippen LogP contribution in [0, 0.1) is 0 Å². The summed E-state index contributed by atoms with van der Waals surface area (Å²) in [4.78, 5) is 63.6. The second-order valence-corrected chi connectivity index (χ2v) is 9.45. The summed E-state index contributed by atoms with van der Waals surface area (Å²) in [6.45, 7) is 0.0316. The molecule has 0 radical (unpaired) electrons. The number of hydrogen-bond acceptors (Lipinski definition) is 7. The number of nitrogens with zero attached hydrogens (tertiary/aromatic N) is 2. The van der Waals surface area contributed by atoms with Crippen molar-refractivity contribution in [2.75, 3.05) is 4.90 Å². The van der Waals surface area contributed by atoms with E-state index >= 15 is 0 Å². The van der Waals surface area contributed by atoms with E-state index in [4.69, 9.17) is 10.5 Å². The normalized spacial score (nSPS) is 18.7.